The molecule has 6 nitrogen and oxygen atoms in total. The summed E-state index contributed by atoms with van der Waals surface area (Å²) < 4.78 is 24.8. The molecule has 0 spiro atoms. The molecule has 0 aromatic carbocycles. The van der Waals surface area contributed by atoms with E-state index in [0.29, 0.717) is 26.3 Å². The summed E-state index contributed by atoms with van der Waals surface area (Å²) in [5.74, 6) is -0.350. The molecule has 1 aromatic rings. The molecule has 2 rings (SSSR count). The first-order valence-corrected chi connectivity index (χ1v) is 6.84. The van der Waals surface area contributed by atoms with Gasteiger partial charge in [0, 0.05) is 19.3 Å². The molecule has 0 unspecified atom stereocenters. The number of ether oxygens (including phenoxy) is 2. The van der Waals surface area contributed by atoms with Gasteiger partial charge in [0.15, 0.2) is 11.6 Å². The summed E-state index contributed by atoms with van der Waals surface area (Å²) in [4.78, 5) is 17.6. The Bertz CT molecular complexity index is 511. The Morgan fingerprint density at radius 1 is 1.43 bits per heavy atom. The fourth-order valence-electron chi connectivity index (χ4n) is 1.94. The molecule has 1 aliphatic heterocycles. The van der Waals surface area contributed by atoms with E-state index >= 15 is 0 Å². The van der Waals surface area contributed by atoms with Crippen LogP contribution in [0.4, 0.5) is 20.7 Å². The van der Waals surface area contributed by atoms with E-state index in [-0.39, 0.29) is 11.5 Å². The summed E-state index contributed by atoms with van der Waals surface area (Å²) in [5, 5.41) is 2.41. The van der Waals surface area contributed by atoms with Crippen molar-refractivity contribution in [3.05, 3.63) is 18.1 Å². The van der Waals surface area contributed by atoms with Gasteiger partial charge in [-0.05, 0) is 26.8 Å². The number of hydrogen-bond acceptors (Lipinski definition) is 5. The van der Waals surface area contributed by atoms with Crippen molar-refractivity contribution in [1.29, 1.82) is 0 Å². The molecule has 1 amide bonds. The van der Waals surface area contributed by atoms with E-state index in [9.17, 15) is 9.18 Å². The molecule has 1 fully saturated rings. The van der Waals surface area contributed by atoms with Gasteiger partial charge >= 0.3 is 6.09 Å². The highest BCUT2D eigenvalue weighted by Crippen LogP contribution is 2.24. The Morgan fingerprint density at radius 2 is 2.10 bits per heavy atom. The monoisotopic (exact) mass is 297 g/mol. The van der Waals surface area contributed by atoms with Crippen LogP contribution in [0.2, 0.25) is 0 Å². The smallest absolute Gasteiger partial charge is 0.412 e. The number of carbonyl (C=O) groups is 1. The topological polar surface area (TPSA) is 63.7 Å². The third kappa shape index (κ3) is 4.29. The lowest BCUT2D eigenvalue weighted by Crippen LogP contribution is -2.37. The highest BCUT2D eigenvalue weighted by molar-refractivity contribution is 5.85. The van der Waals surface area contributed by atoms with Crippen molar-refractivity contribution in [2.45, 2.75) is 26.4 Å². The zero-order chi connectivity index (χ0) is 15.5. The van der Waals surface area contributed by atoms with E-state index in [1.54, 1.807) is 25.7 Å². The number of hydrogen-bond donors (Lipinski definition) is 1. The predicted octanol–water partition coefficient (Wildman–Crippen LogP) is 2.40. The Labute approximate surface area is 123 Å². The van der Waals surface area contributed by atoms with Gasteiger partial charge in [0.2, 0.25) is 0 Å². The van der Waals surface area contributed by atoms with Gasteiger partial charge < -0.3 is 14.4 Å². The van der Waals surface area contributed by atoms with Crippen LogP contribution in [0.5, 0.6) is 0 Å². The minimum Gasteiger partial charge on any atom is -0.444 e. The number of morpholine rings is 1. The first-order valence-electron chi connectivity index (χ1n) is 6.84. The Hall–Kier alpha value is -1.89. The summed E-state index contributed by atoms with van der Waals surface area (Å²) in [6.07, 6.45) is 0.765. The quantitative estimate of drug-likeness (QED) is 0.908. The first-order chi connectivity index (χ1) is 9.87. The molecule has 1 aromatic heterocycles. The summed E-state index contributed by atoms with van der Waals surface area (Å²) in [7, 11) is 0. The standard InChI is InChI=1S/C14H20FN3O3/c1-14(2,3)21-13(19)17-10-4-5-16-12(11(10)15)18-6-8-20-9-7-18/h4-5H,6-9H2,1-3H3,(H,16,17,19). The Kier molecular flexibility index (Phi) is 4.62. The number of halogens is 1. The van der Waals surface area contributed by atoms with Crippen LogP contribution in [0.15, 0.2) is 12.3 Å². The number of amides is 1. The number of anilines is 2. The Balaban J connectivity index is 2.12. The average Bonchev–Trinajstić information content (AvgIpc) is 2.40. The minimum atomic E-state index is -0.694. The number of carbonyl (C=O) groups excluding carboxylic acids is 1. The maximum atomic E-state index is 14.4. The van der Waals surface area contributed by atoms with Crippen LogP contribution in [-0.2, 0) is 9.47 Å². The molecule has 2 heterocycles. The van der Waals surface area contributed by atoms with Crippen LogP contribution in [0, 0.1) is 5.82 Å². The second-order valence-electron chi connectivity index (χ2n) is 5.72. The van der Waals surface area contributed by atoms with E-state index in [0.717, 1.165) is 0 Å². The molecule has 0 atom stereocenters. The number of pyridine rings is 1. The van der Waals surface area contributed by atoms with Crippen LogP contribution < -0.4 is 10.2 Å². The molecule has 7 heteroatoms. The number of nitrogens with one attached hydrogen (secondary N) is 1. The van der Waals surface area contributed by atoms with Crippen molar-refractivity contribution < 1.29 is 18.7 Å². The normalized spacial score (nSPS) is 15.7. The fourth-order valence-corrected chi connectivity index (χ4v) is 1.94. The maximum absolute atomic E-state index is 14.4. The average molecular weight is 297 g/mol. The second kappa shape index (κ2) is 6.26. The van der Waals surface area contributed by atoms with Gasteiger partial charge in [-0.3, -0.25) is 5.32 Å². The minimum absolute atomic E-state index is 0.0562. The molecule has 0 bridgehead atoms. The fraction of sp³-hybridized carbons (Fsp3) is 0.571. The lowest BCUT2D eigenvalue weighted by atomic mass is 10.2. The van der Waals surface area contributed by atoms with Gasteiger partial charge in [0.05, 0.1) is 18.9 Å². The van der Waals surface area contributed by atoms with Crippen LogP contribution >= 0.6 is 0 Å². The van der Waals surface area contributed by atoms with Crippen molar-refractivity contribution in [3.8, 4) is 0 Å². The van der Waals surface area contributed by atoms with Crippen molar-refractivity contribution in [2.24, 2.45) is 0 Å². The van der Waals surface area contributed by atoms with Crippen molar-refractivity contribution in [2.75, 3.05) is 36.5 Å². The summed E-state index contributed by atoms with van der Waals surface area (Å²) in [5.41, 5.74) is -0.582. The largest absolute Gasteiger partial charge is 0.444 e. The molecule has 116 valence electrons. The predicted molar refractivity (Wildman–Crippen MR) is 77.1 cm³/mol. The van der Waals surface area contributed by atoms with Gasteiger partial charge in [-0.25, -0.2) is 14.2 Å². The van der Waals surface area contributed by atoms with E-state index in [2.05, 4.69) is 10.3 Å². The van der Waals surface area contributed by atoms with E-state index in [1.807, 2.05) is 0 Å². The number of rotatable bonds is 2. The highest BCUT2D eigenvalue weighted by Gasteiger charge is 2.21. The number of nitrogens with zero attached hydrogens (tertiary/aromatic N) is 2. The lowest BCUT2D eigenvalue weighted by molar-refractivity contribution is 0.0635. The van der Waals surface area contributed by atoms with Gasteiger partial charge in [0.1, 0.15) is 5.60 Å². The zero-order valence-corrected chi connectivity index (χ0v) is 12.5. The molecule has 0 aliphatic carbocycles. The summed E-state index contributed by atoms with van der Waals surface area (Å²) >= 11 is 0. The van der Waals surface area contributed by atoms with Crippen molar-refractivity contribution in [3.63, 3.8) is 0 Å². The third-order valence-electron chi connectivity index (χ3n) is 2.82. The summed E-state index contributed by atoms with van der Waals surface area (Å²) in [6.45, 7) is 7.44. The molecular weight excluding hydrogens is 277 g/mol. The zero-order valence-electron chi connectivity index (χ0n) is 12.5. The van der Waals surface area contributed by atoms with Crippen molar-refractivity contribution >= 4 is 17.6 Å². The molecular formula is C14H20FN3O3. The number of aromatic nitrogens is 1. The Morgan fingerprint density at radius 3 is 2.71 bits per heavy atom. The van der Waals surface area contributed by atoms with Gasteiger partial charge in [0.25, 0.3) is 0 Å². The van der Waals surface area contributed by atoms with Crippen LogP contribution in [-0.4, -0.2) is 43.0 Å². The van der Waals surface area contributed by atoms with Crippen molar-refractivity contribution in [1.82, 2.24) is 4.98 Å². The van der Waals surface area contributed by atoms with Crippen LogP contribution in [0.3, 0.4) is 0 Å². The second-order valence-corrected chi connectivity index (χ2v) is 5.72. The van der Waals surface area contributed by atoms with E-state index in [1.165, 1.54) is 12.3 Å². The highest BCUT2D eigenvalue weighted by atomic mass is 19.1. The lowest BCUT2D eigenvalue weighted by Gasteiger charge is -2.28. The SMILES string of the molecule is CC(C)(C)OC(=O)Nc1ccnc(N2CCOCC2)c1F. The summed E-state index contributed by atoms with van der Waals surface area (Å²) in [6, 6.07) is 1.41. The third-order valence-corrected chi connectivity index (χ3v) is 2.82. The first kappa shape index (κ1) is 15.5. The molecule has 0 saturated carbocycles. The van der Waals surface area contributed by atoms with Crippen LogP contribution in [0.1, 0.15) is 20.8 Å². The maximum Gasteiger partial charge on any atom is 0.412 e. The molecule has 1 saturated heterocycles. The molecule has 1 aliphatic rings. The molecule has 0 radical (unpaired) electrons. The van der Waals surface area contributed by atoms with Gasteiger partial charge in [-0.15, -0.1) is 0 Å². The van der Waals surface area contributed by atoms with E-state index < -0.39 is 17.5 Å². The van der Waals surface area contributed by atoms with Crippen LogP contribution in [0.25, 0.3) is 0 Å². The van der Waals surface area contributed by atoms with Gasteiger partial charge in [-0.1, -0.05) is 0 Å². The molecule has 1 N–H and O–H groups in total. The van der Waals surface area contributed by atoms with Gasteiger partial charge in [-0.2, -0.15) is 0 Å². The van der Waals surface area contributed by atoms with E-state index in [4.69, 9.17) is 9.47 Å². The molecule has 21 heavy (non-hydrogen) atoms.